The molecule has 3 aromatic heterocycles. The molecule has 0 fully saturated rings. The van der Waals surface area contributed by atoms with Crippen LogP contribution in [0.15, 0.2) is 36.7 Å². The van der Waals surface area contributed by atoms with Gasteiger partial charge in [-0.05, 0) is 30.7 Å². The molecule has 4 nitrogen and oxygen atoms in total. The molecule has 0 aliphatic carbocycles. The molecular formula is C14H13N3O. The van der Waals surface area contributed by atoms with Gasteiger partial charge in [0.25, 0.3) is 0 Å². The molecule has 3 aromatic rings. The molecule has 0 aliphatic rings. The van der Waals surface area contributed by atoms with Gasteiger partial charge in [0.2, 0.25) is 0 Å². The van der Waals surface area contributed by atoms with E-state index in [0.717, 1.165) is 23.3 Å². The van der Waals surface area contributed by atoms with E-state index in [-0.39, 0.29) is 0 Å². The second-order valence-electron chi connectivity index (χ2n) is 4.38. The van der Waals surface area contributed by atoms with E-state index >= 15 is 0 Å². The van der Waals surface area contributed by atoms with Gasteiger partial charge in [-0.15, -0.1) is 0 Å². The van der Waals surface area contributed by atoms with Gasteiger partial charge in [0, 0.05) is 19.4 Å². The highest BCUT2D eigenvalue weighted by atomic mass is 16.1. The molecule has 0 saturated heterocycles. The predicted molar refractivity (Wildman–Crippen MR) is 69.7 cm³/mol. The van der Waals surface area contributed by atoms with Crippen molar-refractivity contribution < 1.29 is 4.79 Å². The lowest BCUT2D eigenvalue weighted by Crippen LogP contribution is -1.92. The van der Waals surface area contributed by atoms with Crippen LogP contribution in [0.2, 0.25) is 0 Å². The van der Waals surface area contributed by atoms with E-state index in [0.29, 0.717) is 5.69 Å². The summed E-state index contributed by atoms with van der Waals surface area (Å²) in [6.07, 6.45) is 4.76. The van der Waals surface area contributed by atoms with Crippen molar-refractivity contribution >= 4 is 11.9 Å². The molecule has 4 heteroatoms. The smallest absolute Gasteiger partial charge is 0.166 e. The second kappa shape index (κ2) is 3.84. The fourth-order valence-electron chi connectivity index (χ4n) is 2.28. The largest absolute Gasteiger partial charge is 0.349 e. The van der Waals surface area contributed by atoms with Crippen LogP contribution in [-0.2, 0) is 7.05 Å². The fourth-order valence-corrected chi connectivity index (χ4v) is 2.28. The molecule has 3 heterocycles. The van der Waals surface area contributed by atoms with Gasteiger partial charge in [-0.3, -0.25) is 9.20 Å². The van der Waals surface area contributed by atoms with Crippen molar-refractivity contribution in [2.45, 2.75) is 6.92 Å². The SMILES string of the molecule is Cc1ccn(C)c1-c1cn2c(C=O)cccc2n1. The summed E-state index contributed by atoms with van der Waals surface area (Å²) in [5, 5.41) is 0. The van der Waals surface area contributed by atoms with Crippen LogP contribution in [0.25, 0.3) is 17.0 Å². The molecule has 0 atom stereocenters. The predicted octanol–water partition coefficient (Wildman–Crippen LogP) is 2.46. The van der Waals surface area contributed by atoms with Gasteiger partial charge in [0.15, 0.2) is 6.29 Å². The van der Waals surface area contributed by atoms with Crippen LogP contribution < -0.4 is 0 Å². The minimum atomic E-state index is 0.609. The summed E-state index contributed by atoms with van der Waals surface area (Å²) in [4.78, 5) is 15.6. The molecule has 0 amide bonds. The summed E-state index contributed by atoms with van der Waals surface area (Å²) in [6.45, 7) is 2.06. The fraction of sp³-hybridized carbons (Fsp3) is 0.143. The van der Waals surface area contributed by atoms with Gasteiger partial charge in [-0.25, -0.2) is 4.98 Å². The van der Waals surface area contributed by atoms with Crippen LogP contribution in [0.3, 0.4) is 0 Å². The van der Waals surface area contributed by atoms with E-state index in [1.54, 1.807) is 6.07 Å². The van der Waals surface area contributed by atoms with E-state index in [4.69, 9.17) is 0 Å². The van der Waals surface area contributed by atoms with Gasteiger partial charge in [0.05, 0.1) is 11.4 Å². The summed E-state index contributed by atoms with van der Waals surface area (Å²) >= 11 is 0. The molecule has 90 valence electrons. The highest BCUT2D eigenvalue weighted by Gasteiger charge is 2.11. The summed E-state index contributed by atoms with van der Waals surface area (Å²) < 4.78 is 3.85. The number of aryl methyl sites for hydroxylation is 2. The number of carbonyl (C=O) groups excluding carboxylic acids is 1. The van der Waals surface area contributed by atoms with Gasteiger partial charge in [-0.1, -0.05) is 6.07 Å². The van der Waals surface area contributed by atoms with E-state index in [1.165, 1.54) is 5.56 Å². The van der Waals surface area contributed by atoms with Crippen molar-refractivity contribution in [2.75, 3.05) is 0 Å². The third kappa shape index (κ3) is 1.46. The van der Waals surface area contributed by atoms with Crippen molar-refractivity contribution in [3.8, 4) is 11.4 Å². The van der Waals surface area contributed by atoms with E-state index in [2.05, 4.69) is 18.0 Å². The van der Waals surface area contributed by atoms with Gasteiger partial charge >= 0.3 is 0 Å². The zero-order chi connectivity index (χ0) is 12.7. The number of rotatable bonds is 2. The molecule has 0 aliphatic heterocycles. The third-order valence-corrected chi connectivity index (χ3v) is 3.16. The lowest BCUT2D eigenvalue weighted by Gasteiger charge is -2.00. The maximum absolute atomic E-state index is 11.0. The number of pyridine rings is 1. The zero-order valence-corrected chi connectivity index (χ0v) is 10.3. The highest BCUT2D eigenvalue weighted by molar-refractivity contribution is 5.75. The third-order valence-electron chi connectivity index (χ3n) is 3.16. The Morgan fingerprint density at radius 1 is 1.28 bits per heavy atom. The average molecular weight is 239 g/mol. The molecule has 0 radical (unpaired) electrons. The summed E-state index contributed by atoms with van der Waals surface area (Å²) in [5.74, 6) is 0. The molecule has 3 rings (SSSR count). The molecule has 0 unspecified atom stereocenters. The maximum atomic E-state index is 11.0. The first kappa shape index (κ1) is 10.8. The molecule has 0 aromatic carbocycles. The number of carbonyl (C=O) groups is 1. The van der Waals surface area contributed by atoms with Crippen molar-refractivity contribution in [3.63, 3.8) is 0 Å². The first-order valence-electron chi connectivity index (χ1n) is 5.76. The van der Waals surface area contributed by atoms with E-state index in [9.17, 15) is 4.79 Å². The number of fused-ring (bicyclic) bond motifs is 1. The Bertz CT molecular complexity index is 717. The van der Waals surface area contributed by atoms with Crippen molar-refractivity contribution in [1.82, 2.24) is 14.0 Å². The lowest BCUT2D eigenvalue weighted by atomic mass is 10.2. The summed E-state index contributed by atoms with van der Waals surface area (Å²) in [6, 6.07) is 7.58. The molecule has 18 heavy (non-hydrogen) atoms. The van der Waals surface area contributed by atoms with Crippen LogP contribution in [0, 0.1) is 6.92 Å². The van der Waals surface area contributed by atoms with Crippen molar-refractivity contribution in [2.24, 2.45) is 7.05 Å². The Morgan fingerprint density at radius 3 is 2.78 bits per heavy atom. The normalized spacial score (nSPS) is 11.0. The number of aromatic nitrogens is 3. The molecule has 0 spiro atoms. The van der Waals surface area contributed by atoms with Gasteiger partial charge < -0.3 is 4.57 Å². The quantitative estimate of drug-likeness (QED) is 0.644. The van der Waals surface area contributed by atoms with Crippen molar-refractivity contribution in [3.05, 3.63) is 47.9 Å². The van der Waals surface area contributed by atoms with Gasteiger partial charge in [0.1, 0.15) is 11.3 Å². The van der Waals surface area contributed by atoms with Gasteiger partial charge in [-0.2, -0.15) is 0 Å². The minimum absolute atomic E-state index is 0.609. The monoisotopic (exact) mass is 239 g/mol. The topological polar surface area (TPSA) is 39.3 Å². The number of hydrogen-bond donors (Lipinski definition) is 0. The Labute approximate surface area is 105 Å². The molecule has 0 bridgehead atoms. The number of imidazole rings is 1. The number of nitrogens with zero attached hydrogens (tertiary/aromatic N) is 3. The standard InChI is InChI=1S/C14H13N3O/c1-10-6-7-16(2)14(10)12-8-17-11(9-18)4-3-5-13(17)15-12/h3-9H,1-2H3. The Balaban J connectivity index is 2.29. The molecular weight excluding hydrogens is 226 g/mol. The number of hydrogen-bond acceptors (Lipinski definition) is 2. The minimum Gasteiger partial charge on any atom is -0.349 e. The van der Waals surface area contributed by atoms with Crippen LogP contribution in [0.1, 0.15) is 16.1 Å². The highest BCUT2D eigenvalue weighted by Crippen LogP contribution is 2.23. The zero-order valence-electron chi connectivity index (χ0n) is 10.3. The summed E-state index contributed by atoms with van der Waals surface area (Å²) in [5.41, 5.74) is 4.53. The van der Waals surface area contributed by atoms with E-state index < -0.39 is 0 Å². The molecule has 0 saturated carbocycles. The van der Waals surface area contributed by atoms with Crippen molar-refractivity contribution in [1.29, 1.82) is 0 Å². The van der Waals surface area contributed by atoms with Crippen LogP contribution in [-0.4, -0.2) is 20.2 Å². The van der Waals surface area contributed by atoms with Crippen LogP contribution >= 0.6 is 0 Å². The number of aldehydes is 1. The van der Waals surface area contributed by atoms with Crippen LogP contribution in [0.5, 0.6) is 0 Å². The Morgan fingerprint density at radius 2 is 2.11 bits per heavy atom. The Kier molecular flexibility index (Phi) is 2.30. The first-order chi connectivity index (χ1) is 8.70. The lowest BCUT2D eigenvalue weighted by molar-refractivity contribution is 0.111. The van der Waals surface area contributed by atoms with E-state index in [1.807, 2.05) is 40.5 Å². The first-order valence-corrected chi connectivity index (χ1v) is 5.76. The average Bonchev–Trinajstić information content (AvgIpc) is 2.92. The summed E-state index contributed by atoms with van der Waals surface area (Å²) in [7, 11) is 1.99. The maximum Gasteiger partial charge on any atom is 0.166 e. The molecule has 0 N–H and O–H groups in total. The Hall–Kier alpha value is -2.36. The van der Waals surface area contributed by atoms with Crippen LogP contribution in [0.4, 0.5) is 0 Å². The second-order valence-corrected chi connectivity index (χ2v) is 4.38.